The largest absolute Gasteiger partial charge is 0.364 e. The van der Waals surface area contributed by atoms with E-state index in [1.165, 1.54) is 14.0 Å². The summed E-state index contributed by atoms with van der Waals surface area (Å²) in [7, 11) is -3.36. The average Bonchev–Trinajstić information content (AvgIpc) is 2.93. The summed E-state index contributed by atoms with van der Waals surface area (Å²) in [5.74, 6) is 0. The van der Waals surface area contributed by atoms with Crippen LogP contribution in [0.15, 0.2) is 16.2 Å². The molecule has 22 heavy (non-hydrogen) atoms. The van der Waals surface area contributed by atoms with Crippen molar-refractivity contribution in [3.8, 4) is 0 Å². The molecule has 0 radical (unpaired) electrons. The Morgan fingerprint density at radius 3 is 2.36 bits per heavy atom. The zero-order valence-corrected chi connectivity index (χ0v) is 12.2. The van der Waals surface area contributed by atoms with Gasteiger partial charge in [-0.05, 0) is 6.92 Å². The van der Waals surface area contributed by atoms with Gasteiger partial charge in [0.05, 0.1) is 11.9 Å². The predicted octanol–water partition coefficient (Wildman–Crippen LogP) is 0.698. The van der Waals surface area contributed by atoms with Crippen molar-refractivity contribution in [3.05, 3.63) is 11.9 Å². The zero-order chi connectivity index (χ0) is 16.9. The highest BCUT2D eigenvalue weighted by atomic mass is 32.2. The molecular weight excluding hydrogens is 332 g/mol. The molecule has 1 aromatic heterocycles. The maximum absolute atomic E-state index is 13.1. The molecular formula is C10H12F4N4O3S. The first-order chi connectivity index (χ1) is 10.0. The van der Waals surface area contributed by atoms with Crippen LogP contribution in [0, 0.1) is 6.92 Å². The van der Waals surface area contributed by atoms with Crippen LogP contribution >= 0.6 is 0 Å². The molecule has 1 aromatic rings. The summed E-state index contributed by atoms with van der Waals surface area (Å²) in [6.07, 6.45) is -7.30. The third kappa shape index (κ3) is 2.35. The number of hydrazone groups is 1. The molecule has 0 spiro atoms. The van der Waals surface area contributed by atoms with Crippen molar-refractivity contribution in [2.75, 3.05) is 0 Å². The molecule has 0 aromatic carbocycles. The van der Waals surface area contributed by atoms with Crippen molar-refractivity contribution in [1.29, 1.82) is 0 Å². The molecule has 2 rings (SSSR count). The van der Waals surface area contributed by atoms with Crippen LogP contribution in [0.2, 0.25) is 0 Å². The van der Waals surface area contributed by atoms with Crippen LogP contribution in [0.5, 0.6) is 0 Å². The molecule has 124 valence electrons. The number of hydrogen-bond acceptors (Lipinski definition) is 5. The molecule has 12 heteroatoms. The quantitative estimate of drug-likeness (QED) is 0.815. The van der Waals surface area contributed by atoms with Gasteiger partial charge in [-0.2, -0.15) is 18.6 Å². The standard InChI is InChI=1S/C10H12F4N4O3S/c1-5-7(4-15-17(5)2)22(20,21)18-10(19,9(13)14)3-6(16-18)8(11)12/h4,8-9,19H,3H2,1-2H3. The third-order valence-electron chi connectivity index (χ3n) is 3.29. The van der Waals surface area contributed by atoms with E-state index < -0.39 is 45.6 Å². The summed E-state index contributed by atoms with van der Waals surface area (Å²) in [6.45, 7) is 1.34. The summed E-state index contributed by atoms with van der Waals surface area (Å²) < 4.78 is 77.0. The van der Waals surface area contributed by atoms with Gasteiger partial charge < -0.3 is 5.11 Å². The van der Waals surface area contributed by atoms with Gasteiger partial charge in [0.15, 0.2) is 0 Å². The minimum atomic E-state index is -4.77. The number of aryl methyl sites for hydroxylation is 1. The Labute approximate surface area is 122 Å². The van der Waals surface area contributed by atoms with Crippen molar-refractivity contribution in [1.82, 2.24) is 14.2 Å². The number of sulfonamides is 1. The van der Waals surface area contributed by atoms with Gasteiger partial charge in [-0.3, -0.25) is 4.68 Å². The fraction of sp³-hybridized carbons (Fsp3) is 0.600. The molecule has 0 bridgehead atoms. The first kappa shape index (κ1) is 16.7. The minimum absolute atomic E-state index is 0.0808. The lowest BCUT2D eigenvalue weighted by Crippen LogP contribution is -2.51. The number of hydrogen-bond donors (Lipinski definition) is 1. The van der Waals surface area contributed by atoms with Gasteiger partial charge in [0.1, 0.15) is 10.6 Å². The lowest BCUT2D eigenvalue weighted by molar-refractivity contribution is -0.150. The Hall–Kier alpha value is -1.69. The van der Waals surface area contributed by atoms with Crippen molar-refractivity contribution in [2.24, 2.45) is 12.1 Å². The Kier molecular flexibility index (Phi) is 3.94. The van der Waals surface area contributed by atoms with Crippen LogP contribution in [0.4, 0.5) is 17.6 Å². The van der Waals surface area contributed by atoms with Crippen molar-refractivity contribution < 1.29 is 31.1 Å². The Balaban J connectivity index is 2.58. The molecule has 7 nitrogen and oxygen atoms in total. The molecule has 1 N–H and O–H groups in total. The van der Waals surface area contributed by atoms with Gasteiger partial charge in [-0.25, -0.2) is 17.6 Å². The van der Waals surface area contributed by atoms with E-state index in [2.05, 4.69) is 10.2 Å². The predicted molar refractivity (Wildman–Crippen MR) is 66.0 cm³/mol. The Bertz CT molecular complexity index is 718. The smallest absolute Gasteiger partial charge is 0.288 e. The number of aromatic nitrogens is 2. The maximum Gasteiger partial charge on any atom is 0.288 e. The second-order valence-corrected chi connectivity index (χ2v) is 6.45. The van der Waals surface area contributed by atoms with Gasteiger partial charge in [0.2, 0.25) is 5.72 Å². The molecule has 0 saturated heterocycles. The summed E-state index contributed by atoms with van der Waals surface area (Å²) >= 11 is 0. The van der Waals surface area contributed by atoms with Gasteiger partial charge >= 0.3 is 0 Å². The highest BCUT2D eigenvalue weighted by Crippen LogP contribution is 2.37. The maximum atomic E-state index is 13.1. The normalized spacial score (nSPS) is 22.8. The number of alkyl halides is 4. The van der Waals surface area contributed by atoms with Gasteiger partial charge in [0, 0.05) is 13.5 Å². The SMILES string of the molecule is Cc1c(S(=O)(=O)N2N=C(C(F)F)CC2(O)C(F)F)cnn1C. The number of rotatable bonds is 4. The number of halogens is 4. The Morgan fingerprint density at radius 2 is 1.95 bits per heavy atom. The highest BCUT2D eigenvalue weighted by Gasteiger charge is 2.56. The second kappa shape index (κ2) is 5.19. The summed E-state index contributed by atoms with van der Waals surface area (Å²) in [5, 5.41) is 16.5. The lowest BCUT2D eigenvalue weighted by Gasteiger charge is -2.30. The van der Waals surface area contributed by atoms with Crippen LogP contribution in [-0.4, -0.2) is 52.0 Å². The molecule has 1 aliphatic rings. The lowest BCUT2D eigenvalue weighted by atomic mass is 10.1. The van der Waals surface area contributed by atoms with Crippen LogP contribution in [-0.2, 0) is 17.1 Å². The summed E-state index contributed by atoms with van der Waals surface area (Å²) in [4.78, 5) is -0.506. The van der Waals surface area contributed by atoms with Crippen LogP contribution in [0.1, 0.15) is 12.1 Å². The zero-order valence-electron chi connectivity index (χ0n) is 11.4. The summed E-state index contributed by atoms with van der Waals surface area (Å²) in [5.41, 5.74) is -4.40. The fourth-order valence-corrected chi connectivity index (χ4v) is 3.59. The van der Waals surface area contributed by atoms with Crippen LogP contribution in [0.3, 0.4) is 0 Å². The second-order valence-electron chi connectivity index (χ2n) is 4.71. The fourth-order valence-electron chi connectivity index (χ4n) is 1.94. The van der Waals surface area contributed by atoms with E-state index >= 15 is 0 Å². The first-order valence-electron chi connectivity index (χ1n) is 5.92. The monoisotopic (exact) mass is 344 g/mol. The molecule has 1 aliphatic heterocycles. The minimum Gasteiger partial charge on any atom is -0.364 e. The van der Waals surface area contributed by atoms with E-state index in [-0.39, 0.29) is 10.1 Å². The van der Waals surface area contributed by atoms with Crippen molar-refractivity contribution in [2.45, 2.75) is 36.8 Å². The summed E-state index contributed by atoms with van der Waals surface area (Å²) in [6, 6.07) is 0. The van der Waals surface area contributed by atoms with Crippen LogP contribution < -0.4 is 0 Å². The molecule has 0 aliphatic carbocycles. The molecule has 0 amide bonds. The topological polar surface area (TPSA) is 87.8 Å². The van der Waals surface area contributed by atoms with E-state index in [1.54, 1.807) is 0 Å². The molecule has 0 saturated carbocycles. The van der Waals surface area contributed by atoms with E-state index in [0.717, 1.165) is 10.9 Å². The van der Waals surface area contributed by atoms with E-state index in [9.17, 15) is 31.1 Å². The number of aliphatic hydroxyl groups is 1. The first-order valence-corrected chi connectivity index (χ1v) is 7.36. The number of nitrogens with zero attached hydrogens (tertiary/aromatic N) is 4. The molecule has 1 unspecified atom stereocenters. The van der Waals surface area contributed by atoms with Gasteiger partial charge in [0.25, 0.3) is 22.9 Å². The molecule has 0 fully saturated rings. The molecule has 2 heterocycles. The third-order valence-corrected chi connectivity index (χ3v) is 5.10. The van der Waals surface area contributed by atoms with Crippen LogP contribution in [0.25, 0.3) is 0 Å². The van der Waals surface area contributed by atoms with E-state index in [4.69, 9.17) is 0 Å². The van der Waals surface area contributed by atoms with Gasteiger partial charge in [-0.1, -0.05) is 0 Å². The Morgan fingerprint density at radius 1 is 1.36 bits per heavy atom. The van der Waals surface area contributed by atoms with Crippen molar-refractivity contribution in [3.63, 3.8) is 0 Å². The van der Waals surface area contributed by atoms with Gasteiger partial charge in [-0.15, -0.1) is 4.41 Å². The average molecular weight is 344 g/mol. The van der Waals surface area contributed by atoms with E-state index in [0.29, 0.717) is 0 Å². The van der Waals surface area contributed by atoms with Crippen molar-refractivity contribution >= 4 is 15.7 Å². The van der Waals surface area contributed by atoms with E-state index in [1.807, 2.05) is 0 Å². The molecule has 1 atom stereocenters. The highest BCUT2D eigenvalue weighted by molar-refractivity contribution is 7.89.